The number of nitrogens with zero attached hydrogens (tertiary/aromatic N) is 3. The van der Waals surface area contributed by atoms with E-state index in [4.69, 9.17) is 9.47 Å². The third kappa shape index (κ3) is 5.11. The van der Waals surface area contributed by atoms with Crippen LogP contribution in [0.5, 0.6) is 0 Å². The van der Waals surface area contributed by atoms with Crippen molar-refractivity contribution in [3.05, 3.63) is 24.5 Å². The van der Waals surface area contributed by atoms with E-state index in [-0.39, 0.29) is 12.1 Å². The van der Waals surface area contributed by atoms with E-state index in [1.165, 1.54) is 0 Å². The molecule has 2 heterocycles. The van der Waals surface area contributed by atoms with Crippen LogP contribution < -0.4 is 15.5 Å². The highest BCUT2D eigenvalue weighted by molar-refractivity contribution is 5.91. The van der Waals surface area contributed by atoms with Crippen molar-refractivity contribution in [1.82, 2.24) is 15.3 Å². The van der Waals surface area contributed by atoms with Crippen molar-refractivity contribution in [3.8, 4) is 0 Å². The quantitative estimate of drug-likeness (QED) is 0.751. The minimum Gasteiger partial charge on any atom is -0.450 e. The van der Waals surface area contributed by atoms with Crippen LogP contribution in [-0.2, 0) is 9.47 Å². The molecule has 1 aromatic carbocycles. The van der Waals surface area contributed by atoms with Crippen LogP contribution in [0.15, 0.2) is 24.5 Å². The molecular formula is C22H31N5O3. The Morgan fingerprint density at radius 1 is 1.13 bits per heavy atom. The summed E-state index contributed by atoms with van der Waals surface area (Å²) in [5.41, 5.74) is 3.99. The van der Waals surface area contributed by atoms with Gasteiger partial charge in [0.2, 0.25) is 0 Å². The van der Waals surface area contributed by atoms with Crippen LogP contribution in [0.4, 0.5) is 16.2 Å². The first-order valence-electron chi connectivity index (χ1n) is 11.0. The lowest BCUT2D eigenvalue weighted by atomic mass is 9.91. The molecule has 30 heavy (non-hydrogen) atoms. The molecule has 2 fully saturated rings. The van der Waals surface area contributed by atoms with E-state index < -0.39 is 0 Å². The van der Waals surface area contributed by atoms with Crippen LogP contribution in [0.25, 0.3) is 11.0 Å². The Kier molecular flexibility index (Phi) is 6.84. The van der Waals surface area contributed by atoms with Gasteiger partial charge in [0.25, 0.3) is 0 Å². The molecule has 1 saturated heterocycles. The van der Waals surface area contributed by atoms with Gasteiger partial charge < -0.3 is 25.0 Å². The van der Waals surface area contributed by atoms with Crippen molar-refractivity contribution < 1.29 is 14.3 Å². The van der Waals surface area contributed by atoms with Gasteiger partial charge in [-0.2, -0.15) is 0 Å². The number of fused-ring (bicyclic) bond motifs is 1. The number of aromatic nitrogens is 2. The van der Waals surface area contributed by atoms with Crippen molar-refractivity contribution in [2.75, 3.05) is 43.1 Å². The topological polar surface area (TPSA) is 88.6 Å². The number of amides is 1. The standard InChI is InChI=1S/C22H31N5O3/c1-2-11-30-22(28)26-17-5-3-16(4-6-17)25-20-15-18(27-9-12-29-13-10-27)14-19-21(20)24-8-7-23-19/h7-8,14-17,25H,2-6,9-13H2,1H3,(H,26,28). The number of nitrogens with one attached hydrogen (secondary N) is 2. The average molecular weight is 414 g/mol. The van der Waals surface area contributed by atoms with Crippen molar-refractivity contribution in [1.29, 1.82) is 0 Å². The number of rotatable bonds is 6. The summed E-state index contributed by atoms with van der Waals surface area (Å²) in [6, 6.07) is 4.83. The van der Waals surface area contributed by atoms with Gasteiger partial charge >= 0.3 is 6.09 Å². The Balaban J connectivity index is 1.42. The summed E-state index contributed by atoms with van der Waals surface area (Å²) in [5.74, 6) is 0. The Bertz CT molecular complexity index is 848. The molecule has 0 bridgehead atoms. The summed E-state index contributed by atoms with van der Waals surface area (Å²) in [7, 11) is 0. The van der Waals surface area contributed by atoms with E-state index in [0.717, 1.165) is 80.8 Å². The molecule has 1 aromatic heterocycles. The van der Waals surface area contributed by atoms with Gasteiger partial charge in [0.05, 0.1) is 31.0 Å². The lowest BCUT2D eigenvalue weighted by Gasteiger charge is -2.32. The zero-order chi connectivity index (χ0) is 20.8. The summed E-state index contributed by atoms with van der Waals surface area (Å²) in [5, 5.41) is 6.70. The second-order valence-corrected chi connectivity index (χ2v) is 7.99. The maximum absolute atomic E-state index is 11.8. The Morgan fingerprint density at radius 3 is 2.63 bits per heavy atom. The average Bonchev–Trinajstić information content (AvgIpc) is 2.79. The molecular weight excluding hydrogens is 382 g/mol. The Hall–Kier alpha value is -2.61. The number of anilines is 2. The second-order valence-electron chi connectivity index (χ2n) is 7.99. The molecule has 162 valence electrons. The number of carbonyl (C=O) groups is 1. The minimum absolute atomic E-state index is 0.184. The molecule has 1 aliphatic carbocycles. The summed E-state index contributed by atoms with van der Waals surface area (Å²) >= 11 is 0. The normalized spacial score (nSPS) is 22.0. The number of carbonyl (C=O) groups excluding carboxylic acids is 1. The highest BCUT2D eigenvalue weighted by atomic mass is 16.5. The van der Waals surface area contributed by atoms with E-state index in [1.807, 2.05) is 6.92 Å². The van der Waals surface area contributed by atoms with Gasteiger partial charge in [-0.1, -0.05) is 6.92 Å². The number of benzene rings is 1. The van der Waals surface area contributed by atoms with Gasteiger partial charge in [-0.25, -0.2) is 4.79 Å². The SMILES string of the molecule is CCCOC(=O)NC1CCC(Nc2cc(N3CCOCC3)cc3nccnc23)CC1. The maximum Gasteiger partial charge on any atom is 0.407 e. The number of morpholine rings is 1. The smallest absolute Gasteiger partial charge is 0.407 e. The zero-order valence-electron chi connectivity index (χ0n) is 17.6. The monoisotopic (exact) mass is 413 g/mol. The third-order valence-corrected chi connectivity index (χ3v) is 5.78. The largest absolute Gasteiger partial charge is 0.450 e. The molecule has 8 heteroatoms. The van der Waals surface area contributed by atoms with Crippen LogP contribution in [0, 0.1) is 0 Å². The van der Waals surface area contributed by atoms with Gasteiger partial charge in [-0.3, -0.25) is 9.97 Å². The molecule has 2 N–H and O–H groups in total. The molecule has 2 aromatic rings. The van der Waals surface area contributed by atoms with Crippen LogP contribution in [0.3, 0.4) is 0 Å². The molecule has 1 amide bonds. The van der Waals surface area contributed by atoms with E-state index in [2.05, 4.69) is 37.6 Å². The second kappa shape index (κ2) is 9.93. The zero-order valence-corrected chi connectivity index (χ0v) is 17.6. The lowest BCUT2D eigenvalue weighted by Crippen LogP contribution is -2.40. The van der Waals surface area contributed by atoms with Gasteiger partial charge in [0.1, 0.15) is 5.52 Å². The number of hydrogen-bond donors (Lipinski definition) is 2. The van der Waals surface area contributed by atoms with Crippen LogP contribution in [0.1, 0.15) is 39.0 Å². The fourth-order valence-electron chi connectivity index (χ4n) is 4.18. The highest BCUT2D eigenvalue weighted by Gasteiger charge is 2.24. The molecule has 1 saturated carbocycles. The molecule has 1 aliphatic heterocycles. The Morgan fingerprint density at radius 2 is 1.87 bits per heavy atom. The molecule has 2 aliphatic rings. The van der Waals surface area contributed by atoms with Crippen LogP contribution in [-0.4, -0.2) is 61.1 Å². The molecule has 0 atom stereocenters. The fourth-order valence-corrected chi connectivity index (χ4v) is 4.18. The van der Waals surface area contributed by atoms with E-state index in [1.54, 1.807) is 12.4 Å². The first-order chi connectivity index (χ1) is 14.7. The number of hydrogen-bond acceptors (Lipinski definition) is 7. The van der Waals surface area contributed by atoms with Gasteiger partial charge in [-0.15, -0.1) is 0 Å². The van der Waals surface area contributed by atoms with Gasteiger partial charge in [-0.05, 0) is 44.2 Å². The summed E-state index contributed by atoms with van der Waals surface area (Å²) in [6.45, 7) is 5.73. The van der Waals surface area contributed by atoms with Crippen molar-refractivity contribution in [2.45, 2.75) is 51.1 Å². The summed E-state index contributed by atoms with van der Waals surface area (Å²) in [4.78, 5) is 23.2. The predicted molar refractivity (Wildman–Crippen MR) is 117 cm³/mol. The molecule has 8 nitrogen and oxygen atoms in total. The maximum atomic E-state index is 11.8. The summed E-state index contributed by atoms with van der Waals surface area (Å²) in [6.07, 6.45) is 7.87. The van der Waals surface area contributed by atoms with Crippen LogP contribution >= 0.6 is 0 Å². The minimum atomic E-state index is -0.298. The molecule has 0 radical (unpaired) electrons. The number of alkyl carbamates (subject to hydrolysis) is 1. The van der Waals surface area contributed by atoms with Crippen LogP contribution in [0.2, 0.25) is 0 Å². The first-order valence-corrected chi connectivity index (χ1v) is 11.0. The van der Waals surface area contributed by atoms with Crippen molar-refractivity contribution in [2.24, 2.45) is 0 Å². The predicted octanol–water partition coefficient (Wildman–Crippen LogP) is 3.33. The van der Waals surface area contributed by atoms with Crippen molar-refractivity contribution >= 4 is 28.5 Å². The Labute approximate surface area is 177 Å². The van der Waals surface area contributed by atoms with E-state index >= 15 is 0 Å². The molecule has 4 rings (SSSR count). The van der Waals surface area contributed by atoms with E-state index in [9.17, 15) is 4.79 Å². The lowest BCUT2D eigenvalue weighted by molar-refractivity contribution is 0.122. The molecule has 0 spiro atoms. The van der Waals surface area contributed by atoms with Gasteiger partial charge in [0, 0.05) is 43.3 Å². The molecule has 0 unspecified atom stereocenters. The fraction of sp³-hybridized carbons (Fsp3) is 0.591. The first kappa shape index (κ1) is 20.7. The van der Waals surface area contributed by atoms with Crippen molar-refractivity contribution in [3.63, 3.8) is 0 Å². The highest BCUT2D eigenvalue weighted by Crippen LogP contribution is 2.31. The third-order valence-electron chi connectivity index (χ3n) is 5.78. The number of ether oxygens (including phenoxy) is 2. The van der Waals surface area contributed by atoms with E-state index in [0.29, 0.717) is 12.6 Å². The van der Waals surface area contributed by atoms with Gasteiger partial charge in [0.15, 0.2) is 0 Å². The summed E-state index contributed by atoms with van der Waals surface area (Å²) < 4.78 is 10.6.